The summed E-state index contributed by atoms with van der Waals surface area (Å²) >= 11 is 0. The Balaban J connectivity index is 1.45. The number of rotatable bonds is 4. The summed E-state index contributed by atoms with van der Waals surface area (Å²) in [6, 6.07) is 6.21. The van der Waals surface area contributed by atoms with Gasteiger partial charge in [-0.25, -0.2) is 9.97 Å². The highest BCUT2D eigenvalue weighted by atomic mass is 16.2. The number of imidazole rings is 1. The molecule has 6 nitrogen and oxygen atoms in total. The second-order valence-electron chi connectivity index (χ2n) is 7.32. The summed E-state index contributed by atoms with van der Waals surface area (Å²) in [6.07, 6.45) is 7.67. The first-order valence-corrected chi connectivity index (χ1v) is 9.32. The first-order valence-electron chi connectivity index (χ1n) is 9.32. The highest BCUT2D eigenvalue weighted by Crippen LogP contribution is 2.29. The van der Waals surface area contributed by atoms with Gasteiger partial charge < -0.3 is 14.5 Å². The maximum atomic E-state index is 13.0. The van der Waals surface area contributed by atoms with E-state index in [0.29, 0.717) is 12.5 Å². The number of amides is 1. The monoisotopic (exact) mass is 351 g/mol. The van der Waals surface area contributed by atoms with E-state index in [-0.39, 0.29) is 11.8 Å². The summed E-state index contributed by atoms with van der Waals surface area (Å²) in [5, 5.41) is 1.13. The molecule has 0 bridgehead atoms. The highest BCUT2D eigenvalue weighted by molar-refractivity contribution is 5.79. The largest absolute Gasteiger partial charge is 0.343 e. The van der Waals surface area contributed by atoms with Crippen molar-refractivity contribution >= 4 is 16.9 Å². The number of pyridine rings is 1. The number of carbonyl (C=O) groups excluding carboxylic acids is 1. The number of H-pyrrole nitrogens is 1. The molecule has 1 aliphatic rings. The number of carbonyl (C=O) groups is 1. The minimum absolute atomic E-state index is 0.0500. The fraction of sp³-hybridized carbons (Fsp3) is 0.450. The maximum absolute atomic E-state index is 13.0. The van der Waals surface area contributed by atoms with Crippen LogP contribution in [0.2, 0.25) is 0 Å². The number of hydrogen-bond acceptors (Lipinski definition) is 3. The van der Waals surface area contributed by atoms with Crippen molar-refractivity contribution in [1.82, 2.24) is 24.4 Å². The third-order valence-electron chi connectivity index (χ3n) is 5.40. The molecule has 0 aromatic carbocycles. The van der Waals surface area contributed by atoms with E-state index in [4.69, 9.17) is 0 Å². The minimum Gasteiger partial charge on any atom is -0.343 e. The second kappa shape index (κ2) is 6.94. The van der Waals surface area contributed by atoms with Crippen molar-refractivity contribution in [3.8, 4) is 0 Å². The van der Waals surface area contributed by atoms with Crippen molar-refractivity contribution in [2.24, 2.45) is 5.92 Å². The van der Waals surface area contributed by atoms with Crippen LogP contribution in [0.1, 0.15) is 37.2 Å². The van der Waals surface area contributed by atoms with Crippen molar-refractivity contribution in [2.45, 2.75) is 39.2 Å². The molecule has 1 aliphatic heterocycles. The molecular formula is C20H25N5O. The van der Waals surface area contributed by atoms with Gasteiger partial charge in [-0.05, 0) is 38.0 Å². The number of likely N-dealkylation sites (tertiary alicyclic amines) is 1. The van der Waals surface area contributed by atoms with Gasteiger partial charge in [0.25, 0.3) is 0 Å². The third-order valence-corrected chi connectivity index (χ3v) is 5.40. The molecule has 4 rings (SSSR count). The molecule has 2 atom stereocenters. The van der Waals surface area contributed by atoms with E-state index >= 15 is 0 Å². The normalized spacial score (nSPS) is 19.0. The summed E-state index contributed by atoms with van der Waals surface area (Å²) in [4.78, 5) is 27.0. The smallest absolute Gasteiger partial charge is 0.227 e. The summed E-state index contributed by atoms with van der Waals surface area (Å²) in [5.41, 5.74) is 2.12. The Bertz CT molecular complexity index is 879. The van der Waals surface area contributed by atoms with E-state index in [1.54, 1.807) is 12.4 Å². The number of aromatic nitrogens is 4. The predicted octanol–water partition coefficient (Wildman–Crippen LogP) is 3.11. The lowest BCUT2D eigenvalue weighted by atomic mass is 9.94. The van der Waals surface area contributed by atoms with Gasteiger partial charge in [-0.3, -0.25) is 4.79 Å². The lowest BCUT2D eigenvalue weighted by Gasteiger charge is -2.34. The van der Waals surface area contributed by atoms with E-state index < -0.39 is 0 Å². The van der Waals surface area contributed by atoms with Gasteiger partial charge in [0.15, 0.2) is 0 Å². The van der Waals surface area contributed by atoms with Crippen LogP contribution in [0.4, 0.5) is 0 Å². The molecule has 4 heterocycles. The standard InChI is InChI=1S/C20H25N5O/c1-14(12-24-10-8-21-15(24)2)20(26)25-9-4-6-17(13-25)18-11-16-5-3-7-22-19(16)23-18/h3,5,7-8,10-11,14,17H,4,6,9,12-13H2,1-2H3,(H,22,23)/t14-,17+/m0/s1. The molecular weight excluding hydrogens is 326 g/mol. The number of fused-ring (bicyclic) bond motifs is 1. The molecule has 1 saturated heterocycles. The highest BCUT2D eigenvalue weighted by Gasteiger charge is 2.28. The Morgan fingerprint density at radius 1 is 1.38 bits per heavy atom. The predicted molar refractivity (Wildman–Crippen MR) is 101 cm³/mol. The quantitative estimate of drug-likeness (QED) is 0.785. The molecule has 26 heavy (non-hydrogen) atoms. The first kappa shape index (κ1) is 16.8. The Morgan fingerprint density at radius 2 is 2.27 bits per heavy atom. The van der Waals surface area contributed by atoms with Gasteiger partial charge in [-0.2, -0.15) is 0 Å². The van der Waals surface area contributed by atoms with Crippen LogP contribution in [-0.4, -0.2) is 43.4 Å². The van der Waals surface area contributed by atoms with Gasteiger partial charge in [0, 0.05) is 55.2 Å². The van der Waals surface area contributed by atoms with Crippen LogP contribution in [0.3, 0.4) is 0 Å². The molecule has 0 radical (unpaired) electrons. The van der Waals surface area contributed by atoms with E-state index in [1.807, 2.05) is 35.6 Å². The topological polar surface area (TPSA) is 66.8 Å². The molecule has 136 valence electrons. The Kier molecular flexibility index (Phi) is 4.49. The van der Waals surface area contributed by atoms with Crippen molar-refractivity contribution in [2.75, 3.05) is 13.1 Å². The molecule has 0 saturated carbocycles. The average molecular weight is 351 g/mol. The second-order valence-corrected chi connectivity index (χ2v) is 7.32. The number of nitrogens with zero attached hydrogens (tertiary/aromatic N) is 4. The molecule has 0 aliphatic carbocycles. The number of aromatic amines is 1. The van der Waals surface area contributed by atoms with Crippen molar-refractivity contribution in [3.05, 3.63) is 48.3 Å². The van der Waals surface area contributed by atoms with Crippen LogP contribution in [-0.2, 0) is 11.3 Å². The first-order chi connectivity index (χ1) is 12.6. The zero-order valence-electron chi connectivity index (χ0n) is 15.4. The fourth-order valence-electron chi connectivity index (χ4n) is 3.91. The summed E-state index contributed by atoms with van der Waals surface area (Å²) in [6.45, 7) is 6.29. The number of aryl methyl sites for hydroxylation is 1. The third kappa shape index (κ3) is 3.23. The molecule has 1 amide bonds. The van der Waals surface area contributed by atoms with E-state index in [1.165, 1.54) is 5.69 Å². The lowest BCUT2D eigenvalue weighted by molar-refractivity contribution is -0.136. The molecule has 6 heteroatoms. The summed E-state index contributed by atoms with van der Waals surface area (Å²) in [7, 11) is 0. The van der Waals surface area contributed by atoms with Gasteiger partial charge in [0.2, 0.25) is 5.91 Å². The summed E-state index contributed by atoms with van der Waals surface area (Å²) < 4.78 is 2.05. The Hall–Kier alpha value is -2.63. The van der Waals surface area contributed by atoms with Gasteiger partial charge >= 0.3 is 0 Å². The van der Waals surface area contributed by atoms with E-state index in [0.717, 1.165) is 42.8 Å². The molecule has 1 N–H and O–H groups in total. The molecule has 3 aromatic heterocycles. The Morgan fingerprint density at radius 3 is 3.04 bits per heavy atom. The Labute approximate surface area is 153 Å². The lowest BCUT2D eigenvalue weighted by Crippen LogP contribution is -2.42. The van der Waals surface area contributed by atoms with Gasteiger partial charge in [0.1, 0.15) is 11.5 Å². The molecule has 0 unspecified atom stereocenters. The fourth-order valence-corrected chi connectivity index (χ4v) is 3.91. The van der Waals surface area contributed by atoms with Gasteiger partial charge in [0.05, 0.1) is 5.92 Å². The number of nitrogens with one attached hydrogen (secondary N) is 1. The number of hydrogen-bond donors (Lipinski definition) is 1. The van der Waals surface area contributed by atoms with Crippen LogP contribution in [0.25, 0.3) is 11.0 Å². The van der Waals surface area contributed by atoms with Gasteiger partial charge in [-0.1, -0.05) is 6.92 Å². The van der Waals surface area contributed by atoms with Crippen LogP contribution < -0.4 is 0 Å². The van der Waals surface area contributed by atoms with Gasteiger partial charge in [-0.15, -0.1) is 0 Å². The van der Waals surface area contributed by atoms with E-state index in [9.17, 15) is 4.79 Å². The van der Waals surface area contributed by atoms with Crippen LogP contribution >= 0.6 is 0 Å². The van der Waals surface area contributed by atoms with Crippen LogP contribution in [0, 0.1) is 12.8 Å². The maximum Gasteiger partial charge on any atom is 0.227 e. The van der Waals surface area contributed by atoms with Crippen molar-refractivity contribution in [3.63, 3.8) is 0 Å². The van der Waals surface area contributed by atoms with Crippen LogP contribution in [0.15, 0.2) is 36.8 Å². The number of piperidine rings is 1. The zero-order valence-corrected chi connectivity index (χ0v) is 15.4. The zero-order chi connectivity index (χ0) is 18.1. The van der Waals surface area contributed by atoms with Crippen LogP contribution in [0.5, 0.6) is 0 Å². The SMILES string of the molecule is Cc1nccn1C[C@H](C)C(=O)N1CCC[C@@H](c2cc3cccnc3[nH]2)C1. The van der Waals surface area contributed by atoms with Crippen molar-refractivity contribution in [1.29, 1.82) is 0 Å². The molecule has 3 aromatic rings. The molecule has 0 spiro atoms. The van der Waals surface area contributed by atoms with Crippen molar-refractivity contribution < 1.29 is 4.79 Å². The van der Waals surface area contributed by atoms with E-state index in [2.05, 4.69) is 27.1 Å². The minimum atomic E-state index is -0.0500. The average Bonchev–Trinajstić information content (AvgIpc) is 3.27. The summed E-state index contributed by atoms with van der Waals surface area (Å²) in [5.74, 6) is 1.49. The molecule has 1 fully saturated rings.